The Morgan fingerprint density at radius 1 is 1.04 bits per heavy atom. The van der Waals surface area contributed by atoms with Gasteiger partial charge in [0.25, 0.3) is 5.91 Å². The number of hydrogen-bond donors (Lipinski definition) is 1. The minimum Gasteiger partial charge on any atom is -0.343 e. The second kappa shape index (κ2) is 7.03. The van der Waals surface area contributed by atoms with Crippen LogP contribution in [0.5, 0.6) is 0 Å². The standard InChI is InChI=1S/C22H20N4O/c1-15-9-11-17(12-10-15)21-20(25-19-8-4-6-14-26(19)21)22(27)24-16(2)18-7-3-5-13-23-18/h3-14,16H,1-2H3,(H,24,27)/t16-/m0/s1. The number of aromatic nitrogens is 3. The van der Waals surface area contributed by atoms with Crippen molar-refractivity contribution in [3.63, 3.8) is 0 Å². The molecule has 0 aliphatic rings. The zero-order valence-electron chi connectivity index (χ0n) is 15.3. The van der Waals surface area contributed by atoms with Crippen molar-refractivity contribution in [3.05, 3.63) is 90.0 Å². The topological polar surface area (TPSA) is 59.3 Å². The Hall–Kier alpha value is -3.47. The lowest BCUT2D eigenvalue weighted by molar-refractivity contribution is 0.0935. The van der Waals surface area contributed by atoms with Crippen LogP contribution in [0.15, 0.2) is 73.1 Å². The van der Waals surface area contributed by atoms with Crippen LogP contribution >= 0.6 is 0 Å². The molecule has 1 atom stereocenters. The van der Waals surface area contributed by atoms with E-state index in [0.717, 1.165) is 22.6 Å². The van der Waals surface area contributed by atoms with E-state index in [9.17, 15) is 4.79 Å². The summed E-state index contributed by atoms with van der Waals surface area (Å²) >= 11 is 0. The first-order chi connectivity index (χ1) is 13.1. The van der Waals surface area contributed by atoms with Crippen molar-refractivity contribution in [2.75, 3.05) is 0 Å². The summed E-state index contributed by atoms with van der Waals surface area (Å²) in [5.41, 5.74) is 4.87. The molecule has 4 rings (SSSR count). The molecule has 3 heterocycles. The fourth-order valence-corrected chi connectivity index (χ4v) is 3.11. The van der Waals surface area contributed by atoms with E-state index < -0.39 is 0 Å². The molecule has 27 heavy (non-hydrogen) atoms. The number of imidazole rings is 1. The normalized spacial score (nSPS) is 12.1. The van der Waals surface area contributed by atoms with Gasteiger partial charge < -0.3 is 5.32 Å². The van der Waals surface area contributed by atoms with Crippen molar-refractivity contribution in [1.29, 1.82) is 0 Å². The van der Waals surface area contributed by atoms with Gasteiger partial charge in [0.2, 0.25) is 0 Å². The quantitative estimate of drug-likeness (QED) is 0.596. The van der Waals surface area contributed by atoms with E-state index in [0.29, 0.717) is 5.69 Å². The van der Waals surface area contributed by atoms with Crippen LogP contribution in [0.4, 0.5) is 0 Å². The van der Waals surface area contributed by atoms with Gasteiger partial charge in [0.05, 0.1) is 17.4 Å². The number of rotatable bonds is 4. The molecular weight excluding hydrogens is 336 g/mol. The van der Waals surface area contributed by atoms with Gasteiger partial charge in [0.15, 0.2) is 5.69 Å². The van der Waals surface area contributed by atoms with Gasteiger partial charge in [-0.1, -0.05) is 42.0 Å². The third kappa shape index (κ3) is 3.31. The Kier molecular flexibility index (Phi) is 4.42. The van der Waals surface area contributed by atoms with Crippen molar-refractivity contribution in [3.8, 4) is 11.3 Å². The Morgan fingerprint density at radius 2 is 1.81 bits per heavy atom. The predicted molar refractivity (Wildman–Crippen MR) is 105 cm³/mol. The number of amides is 1. The number of carbonyl (C=O) groups excluding carboxylic acids is 1. The number of pyridine rings is 2. The second-order valence-corrected chi connectivity index (χ2v) is 6.55. The van der Waals surface area contributed by atoms with Crippen molar-refractivity contribution in [2.45, 2.75) is 19.9 Å². The van der Waals surface area contributed by atoms with Crippen molar-refractivity contribution in [1.82, 2.24) is 19.7 Å². The van der Waals surface area contributed by atoms with Crippen LogP contribution in [-0.4, -0.2) is 20.3 Å². The number of hydrogen-bond acceptors (Lipinski definition) is 3. The van der Waals surface area contributed by atoms with Gasteiger partial charge in [-0.2, -0.15) is 0 Å². The first kappa shape index (κ1) is 17.0. The molecule has 0 aliphatic carbocycles. The smallest absolute Gasteiger partial charge is 0.272 e. The molecule has 3 aromatic heterocycles. The van der Waals surface area contributed by atoms with Gasteiger partial charge >= 0.3 is 0 Å². The number of carbonyl (C=O) groups is 1. The lowest BCUT2D eigenvalue weighted by Gasteiger charge is -2.13. The molecule has 5 heteroatoms. The van der Waals surface area contributed by atoms with Crippen LogP contribution in [0.3, 0.4) is 0 Å². The van der Waals surface area contributed by atoms with Crippen molar-refractivity contribution in [2.24, 2.45) is 0 Å². The highest BCUT2D eigenvalue weighted by atomic mass is 16.2. The fourth-order valence-electron chi connectivity index (χ4n) is 3.11. The summed E-state index contributed by atoms with van der Waals surface area (Å²) in [6, 6.07) is 19.3. The molecule has 1 aromatic carbocycles. The van der Waals surface area contributed by atoms with Gasteiger partial charge in [-0.05, 0) is 38.1 Å². The number of fused-ring (bicyclic) bond motifs is 1. The summed E-state index contributed by atoms with van der Waals surface area (Å²) in [5.74, 6) is -0.215. The number of aryl methyl sites for hydroxylation is 1. The second-order valence-electron chi connectivity index (χ2n) is 6.55. The predicted octanol–water partition coefficient (Wildman–Crippen LogP) is 4.20. The van der Waals surface area contributed by atoms with Crippen LogP contribution in [0.2, 0.25) is 0 Å². The molecule has 0 aliphatic heterocycles. The van der Waals surface area contributed by atoms with E-state index in [1.807, 2.05) is 85.1 Å². The third-order valence-corrected chi connectivity index (χ3v) is 4.55. The van der Waals surface area contributed by atoms with Gasteiger partial charge in [-0.3, -0.25) is 14.2 Å². The maximum absolute atomic E-state index is 13.0. The summed E-state index contributed by atoms with van der Waals surface area (Å²) in [5, 5.41) is 3.02. The van der Waals surface area contributed by atoms with Crippen LogP contribution in [0.25, 0.3) is 16.9 Å². The largest absolute Gasteiger partial charge is 0.343 e. The third-order valence-electron chi connectivity index (χ3n) is 4.55. The summed E-state index contributed by atoms with van der Waals surface area (Å²) < 4.78 is 1.95. The Labute approximate surface area is 157 Å². The van der Waals surface area contributed by atoms with E-state index >= 15 is 0 Å². The number of nitrogens with one attached hydrogen (secondary N) is 1. The van der Waals surface area contributed by atoms with E-state index in [1.165, 1.54) is 5.56 Å². The molecule has 0 spiro atoms. The monoisotopic (exact) mass is 356 g/mol. The fraction of sp³-hybridized carbons (Fsp3) is 0.136. The molecule has 0 unspecified atom stereocenters. The van der Waals surface area contributed by atoms with Crippen LogP contribution in [0.1, 0.15) is 34.7 Å². The number of benzene rings is 1. The summed E-state index contributed by atoms with van der Waals surface area (Å²) in [6.45, 7) is 3.96. The lowest BCUT2D eigenvalue weighted by atomic mass is 10.1. The molecule has 134 valence electrons. The van der Waals surface area contributed by atoms with Crippen LogP contribution < -0.4 is 5.32 Å². The minimum atomic E-state index is -0.215. The molecule has 0 saturated heterocycles. The molecule has 0 bridgehead atoms. The van der Waals surface area contributed by atoms with E-state index in [1.54, 1.807) is 6.20 Å². The van der Waals surface area contributed by atoms with Gasteiger partial charge in [0.1, 0.15) is 5.65 Å². The lowest BCUT2D eigenvalue weighted by Crippen LogP contribution is -2.28. The summed E-state index contributed by atoms with van der Waals surface area (Å²) in [4.78, 5) is 22.0. The first-order valence-corrected chi connectivity index (χ1v) is 8.89. The van der Waals surface area contributed by atoms with Gasteiger partial charge in [-0.15, -0.1) is 0 Å². The average molecular weight is 356 g/mol. The first-order valence-electron chi connectivity index (χ1n) is 8.89. The highest BCUT2D eigenvalue weighted by Gasteiger charge is 2.22. The highest BCUT2D eigenvalue weighted by Crippen LogP contribution is 2.26. The molecule has 0 fully saturated rings. The highest BCUT2D eigenvalue weighted by molar-refractivity contribution is 5.99. The maximum atomic E-state index is 13.0. The molecule has 1 amide bonds. The molecular formula is C22H20N4O. The molecule has 1 N–H and O–H groups in total. The molecule has 0 radical (unpaired) electrons. The summed E-state index contributed by atoms with van der Waals surface area (Å²) in [6.07, 6.45) is 3.65. The van der Waals surface area contributed by atoms with E-state index in [2.05, 4.69) is 15.3 Å². The Bertz CT molecular complexity index is 1080. The molecule has 0 saturated carbocycles. The zero-order valence-corrected chi connectivity index (χ0v) is 15.3. The van der Waals surface area contributed by atoms with Crippen LogP contribution in [-0.2, 0) is 0 Å². The van der Waals surface area contributed by atoms with E-state index in [-0.39, 0.29) is 11.9 Å². The van der Waals surface area contributed by atoms with Crippen molar-refractivity contribution < 1.29 is 4.79 Å². The SMILES string of the molecule is Cc1ccc(-c2c(C(=O)N[C@@H](C)c3ccccn3)nc3ccccn23)cc1. The summed E-state index contributed by atoms with van der Waals surface area (Å²) in [7, 11) is 0. The van der Waals surface area contributed by atoms with Gasteiger partial charge in [0, 0.05) is 18.0 Å². The van der Waals surface area contributed by atoms with Crippen molar-refractivity contribution >= 4 is 11.6 Å². The molecule has 4 aromatic rings. The Balaban J connectivity index is 1.75. The number of nitrogens with zero attached hydrogens (tertiary/aromatic N) is 3. The Morgan fingerprint density at radius 3 is 2.56 bits per heavy atom. The van der Waals surface area contributed by atoms with E-state index in [4.69, 9.17) is 0 Å². The molecule has 5 nitrogen and oxygen atoms in total. The maximum Gasteiger partial charge on any atom is 0.272 e. The minimum absolute atomic E-state index is 0.214. The average Bonchev–Trinajstić information content (AvgIpc) is 3.09. The van der Waals surface area contributed by atoms with Crippen LogP contribution in [0, 0.1) is 6.92 Å². The zero-order chi connectivity index (χ0) is 18.8. The van der Waals surface area contributed by atoms with Gasteiger partial charge in [-0.25, -0.2) is 4.98 Å².